The quantitative estimate of drug-likeness (QED) is 0.630. The summed E-state index contributed by atoms with van der Waals surface area (Å²) in [6.07, 6.45) is 0. The fraction of sp³-hybridized carbons (Fsp3) is 0.455. The molecular weight excluding hydrogens is 307 g/mol. The lowest BCUT2D eigenvalue weighted by Gasteiger charge is -2.19. The van der Waals surface area contributed by atoms with Crippen LogP contribution in [0.15, 0.2) is 30.3 Å². The van der Waals surface area contributed by atoms with Crippen molar-refractivity contribution in [1.82, 2.24) is 0 Å². The van der Waals surface area contributed by atoms with Gasteiger partial charge in [0.05, 0.1) is 19.8 Å². The lowest BCUT2D eigenvalue weighted by atomic mass is 10.2. The first-order valence-corrected chi connectivity index (χ1v) is 5.95. The topological polar surface area (TPSA) is 27.7 Å². The van der Waals surface area contributed by atoms with Gasteiger partial charge < -0.3 is 14.2 Å². The van der Waals surface area contributed by atoms with Gasteiger partial charge in [-0.25, -0.2) is 0 Å². The molecule has 1 heterocycles. The summed E-state index contributed by atoms with van der Waals surface area (Å²) in [5.74, 6) is 0. The largest absolute Gasteiger partial charge is 0.370 e. The molecule has 1 fully saturated rings. The zero-order chi connectivity index (χ0) is 10.6. The van der Waals surface area contributed by atoms with Gasteiger partial charge in [-0.05, 0) is 28.2 Å². The second-order valence-electron chi connectivity index (χ2n) is 3.34. The molecule has 1 aliphatic rings. The van der Waals surface area contributed by atoms with Gasteiger partial charge in [0.1, 0.15) is 6.61 Å². The maximum atomic E-state index is 5.55. The number of rotatable bonds is 4. The molecule has 0 aromatic heterocycles. The molecule has 0 aliphatic carbocycles. The molecule has 1 aromatic rings. The Kier molecular flexibility index (Phi) is 3.96. The van der Waals surface area contributed by atoms with Crippen molar-refractivity contribution in [1.29, 1.82) is 0 Å². The van der Waals surface area contributed by atoms with E-state index in [0.717, 1.165) is 5.56 Å². The van der Waals surface area contributed by atoms with Crippen LogP contribution in [0.5, 0.6) is 0 Å². The van der Waals surface area contributed by atoms with Crippen LogP contribution in [-0.4, -0.2) is 23.6 Å². The van der Waals surface area contributed by atoms with Crippen LogP contribution in [0, 0.1) is 0 Å². The number of alkyl halides is 1. The van der Waals surface area contributed by atoms with Crippen molar-refractivity contribution in [3.05, 3.63) is 35.9 Å². The second-order valence-corrected chi connectivity index (χ2v) is 4.98. The van der Waals surface area contributed by atoms with E-state index in [4.69, 9.17) is 14.2 Å². The van der Waals surface area contributed by atoms with E-state index in [1.54, 1.807) is 0 Å². The Morgan fingerprint density at radius 1 is 1.20 bits per heavy atom. The second kappa shape index (κ2) is 5.25. The van der Waals surface area contributed by atoms with Crippen LogP contribution >= 0.6 is 22.6 Å². The van der Waals surface area contributed by atoms with Gasteiger partial charge in [-0.15, -0.1) is 0 Å². The Morgan fingerprint density at radius 2 is 1.87 bits per heavy atom. The van der Waals surface area contributed by atoms with Crippen LogP contribution < -0.4 is 0 Å². The Morgan fingerprint density at radius 3 is 2.53 bits per heavy atom. The molecule has 0 amide bonds. The first-order valence-electron chi connectivity index (χ1n) is 4.87. The van der Waals surface area contributed by atoms with E-state index in [0.29, 0.717) is 26.4 Å². The zero-order valence-corrected chi connectivity index (χ0v) is 10.5. The minimum Gasteiger partial charge on any atom is -0.370 e. The molecule has 1 aromatic carbocycles. The summed E-state index contributed by atoms with van der Waals surface area (Å²) in [5, 5.41) is 0. The Balaban J connectivity index is 1.75. The van der Waals surface area contributed by atoms with Crippen molar-refractivity contribution in [2.75, 3.05) is 19.8 Å². The van der Waals surface area contributed by atoms with Gasteiger partial charge in [0.2, 0.25) is 3.79 Å². The Hall–Kier alpha value is -0.170. The Bertz CT molecular complexity index is 296. The molecule has 0 bridgehead atoms. The summed E-state index contributed by atoms with van der Waals surface area (Å²) in [5.41, 5.74) is 1.16. The average Bonchev–Trinajstić information content (AvgIpc) is 2.67. The van der Waals surface area contributed by atoms with Crippen LogP contribution in [0.3, 0.4) is 0 Å². The minimum atomic E-state index is -0.577. The Labute approximate surface area is 103 Å². The monoisotopic (exact) mass is 320 g/mol. The zero-order valence-electron chi connectivity index (χ0n) is 8.32. The van der Waals surface area contributed by atoms with E-state index in [1.807, 2.05) is 30.3 Å². The molecule has 0 atom stereocenters. The van der Waals surface area contributed by atoms with Crippen molar-refractivity contribution in [2.45, 2.75) is 10.4 Å². The fourth-order valence-corrected chi connectivity index (χ4v) is 2.04. The average molecular weight is 320 g/mol. The first-order chi connectivity index (χ1) is 7.29. The number of benzene rings is 1. The molecule has 2 rings (SSSR count). The standard InChI is InChI=1S/C11H13IO3/c12-11(14-6-7-15-11)9-13-8-10-4-2-1-3-5-10/h1-5H,6-9H2. The first kappa shape index (κ1) is 11.3. The molecule has 0 N–H and O–H groups in total. The van der Waals surface area contributed by atoms with Crippen LogP contribution in [0.2, 0.25) is 0 Å². The predicted octanol–water partition coefficient (Wildman–Crippen LogP) is 2.34. The molecule has 1 saturated heterocycles. The summed E-state index contributed by atoms with van der Waals surface area (Å²) in [6, 6.07) is 10.1. The molecule has 0 saturated carbocycles. The van der Waals surface area contributed by atoms with Crippen molar-refractivity contribution in [3.8, 4) is 0 Å². The molecule has 82 valence electrons. The molecule has 0 spiro atoms. The van der Waals surface area contributed by atoms with Gasteiger partial charge in [0, 0.05) is 0 Å². The van der Waals surface area contributed by atoms with Crippen molar-refractivity contribution in [2.24, 2.45) is 0 Å². The fourth-order valence-electron chi connectivity index (χ4n) is 1.38. The van der Waals surface area contributed by atoms with Crippen LogP contribution in [-0.2, 0) is 20.8 Å². The van der Waals surface area contributed by atoms with E-state index in [1.165, 1.54) is 0 Å². The highest BCUT2D eigenvalue weighted by atomic mass is 127. The van der Waals surface area contributed by atoms with Gasteiger partial charge >= 0.3 is 0 Å². The third-order valence-corrected chi connectivity index (χ3v) is 3.04. The normalized spacial score (nSPS) is 19.3. The van der Waals surface area contributed by atoms with Crippen molar-refractivity contribution >= 4 is 22.6 Å². The highest BCUT2D eigenvalue weighted by molar-refractivity contribution is 14.1. The van der Waals surface area contributed by atoms with Gasteiger partial charge in [-0.1, -0.05) is 30.3 Å². The molecule has 4 heteroatoms. The summed E-state index contributed by atoms with van der Waals surface area (Å²) in [7, 11) is 0. The molecule has 0 unspecified atom stereocenters. The van der Waals surface area contributed by atoms with Crippen LogP contribution in [0.25, 0.3) is 0 Å². The number of ether oxygens (including phenoxy) is 3. The van der Waals surface area contributed by atoms with Gasteiger partial charge in [-0.3, -0.25) is 0 Å². The van der Waals surface area contributed by atoms with Crippen molar-refractivity contribution in [3.63, 3.8) is 0 Å². The van der Waals surface area contributed by atoms with E-state index >= 15 is 0 Å². The highest BCUT2D eigenvalue weighted by Crippen LogP contribution is 2.27. The third-order valence-electron chi connectivity index (χ3n) is 2.10. The minimum absolute atomic E-state index is 0.461. The van der Waals surface area contributed by atoms with Crippen LogP contribution in [0.1, 0.15) is 5.56 Å². The maximum absolute atomic E-state index is 5.55. The van der Waals surface area contributed by atoms with Gasteiger partial charge in [0.15, 0.2) is 0 Å². The summed E-state index contributed by atoms with van der Waals surface area (Å²) in [6.45, 7) is 2.36. The molecule has 1 aliphatic heterocycles. The lowest BCUT2D eigenvalue weighted by Crippen LogP contribution is -2.27. The van der Waals surface area contributed by atoms with Gasteiger partial charge in [-0.2, -0.15) is 0 Å². The SMILES string of the molecule is IC1(COCc2ccccc2)OCCO1. The molecular formula is C11H13IO3. The van der Waals surface area contributed by atoms with E-state index < -0.39 is 3.79 Å². The molecule has 3 nitrogen and oxygen atoms in total. The van der Waals surface area contributed by atoms with E-state index in [9.17, 15) is 0 Å². The predicted molar refractivity (Wildman–Crippen MR) is 64.8 cm³/mol. The highest BCUT2D eigenvalue weighted by Gasteiger charge is 2.33. The number of halogens is 1. The number of hydrogen-bond donors (Lipinski definition) is 0. The molecule has 0 radical (unpaired) electrons. The summed E-state index contributed by atoms with van der Waals surface area (Å²) in [4.78, 5) is 0. The van der Waals surface area contributed by atoms with Gasteiger partial charge in [0.25, 0.3) is 0 Å². The summed E-state index contributed by atoms with van der Waals surface area (Å²) >= 11 is 2.14. The summed E-state index contributed by atoms with van der Waals surface area (Å²) < 4.78 is 15.8. The van der Waals surface area contributed by atoms with Crippen LogP contribution in [0.4, 0.5) is 0 Å². The smallest absolute Gasteiger partial charge is 0.245 e. The maximum Gasteiger partial charge on any atom is 0.245 e. The molecule has 15 heavy (non-hydrogen) atoms. The third kappa shape index (κ3) is 3.41. The number of hydrogen-bond acceptors (Lipinski definition) is 3. The lowest BCUT2D eigenvalue weighted by molar-refractivity contribution is -0.112. The van der Waals surface area contributed by atoms with Crippen molar-refractivity contribution < 1.29 is 14.2 Å². The van der Waals surface area contributed by atoms with E-state index in [-0.39, 0.29) is 0 Å². The van der Waals surface area contributed by atoms with E-state index in [2.05, 4.69) is 22.6 Å².